The maximum Gasteiger partial charge on any atom is 0.450 e. The summed E-state index contributed by atoms with van der Waals surface area (Å²) in [4.78, 5) is 12.1. The van der Waals surface area contributed by atoms with Crippen molar-refractivity contribution in [2.24, 2.45) is 0 Å². The molecule has 0 saturated heterocycles. The van der Waals surface area contributed by atoms with E-state index in [-0.39, 0.29) is 21.4 Å². The maximum absolute atomic E-state index is 13.5. The van der Waals surface area contributed by atoms with E-state index in [1.54, 1.807) is 0 Å². The van der Waals surface area contributed by atoms with Crippen molar-refractivity contribution >= 4 is 56.5 Å². The minimum absolute atomic E-state index is 0.151. The Hall–Kier alpha value is -2.24. The summed E-state index contributed by atoms with van der Waals surface area (Å²) in [6.45, 7) is 0. The molecule has 1 N–H and O–H groups in total. The Kier molecular flexibility index (Phi) is 6.83. The Morgan fingerprint density at radius 3 is 2.19 bits per heavy atom. The van der Waals surface area contributed by atoms with Gasteiger partial charge in [-0.1, -0.05) is 34.8 Å². The van der Waals surface area contributed by atoms with Gasteiger partial charge in [0, 0.05) is 10.6 Å². The average Bonchev–Trinajstić information content (AvgIpc) is 3.17. The largest absolute Gasteiger partial charge is 0.451 e. The summed E-state index contributed by atoms with van der Waals surface area (Å²) in [6.07, 6.45) is -5.02. The van der Waals surface area contributed by atoms with Gasteiger partial charge in [-0.25, -0.2) is 0 Å². The van der Waals surface area contributed by atoms with Crippen molar-refractivity contribution < 1.29 is 35.0 Å². The van der Waals surface area contributed by atoms with Crippen LogP contribution in [0.3, 0.4) is 0 Å². The van der Waals surface area contributed by atoms with Gasteiger partial charge in [-0.15, -0.1) is 0 Å². The third-order valence-corrected chi connectivity index (χ3v) is 6.41. The molecule has 0 atom stereocenters. The molecule has 1 heterocycles. The van der Waals surface area contributed by atoms with Crippen LogP contribution in [0, 0.1) is 0 Å². The van der Waals surface area contributed by atoms with E-state index in [0.29, 0.717) is 5.02 Å². The van der Waals surface area contributed by atoms with Gasteiger partial charge in [-0.3, -0.25) is 8.98 Å². The van der Waals surface area contributed by atoms with E-state index in [0.717, 1.165) is 25.3 Å². The third kappa shape index (κ3) is 5.05. The molecular weight excluding hydrogens is 518 g/mol. The van der Waals surface area contributed by atoms with Gasteiger partial charge in [0.15, 0.2) is 0 Å². The van der Waals surface area contributed by atoms with Gasteiger partial charge in [0.2, 0.25) is 5.76 Å². The molecule has 2 aromatic carbocycles. The minimum atomic E-state index is -5.02. The van der Waals surface area contributed by atoms with Gasteiger partial charge in [-0.2, -0.15) is 21.6 Å². The number of carbonyl (C=O) groups excluding carboxylic acids is 1. The predicted octanol–water partition coefficient (Wildman–Crippen LogP) is 6.51. The fraction of sp³-hybridized carbons (Fsp3) is 0.105. The van der Waals surface area contributed by atoms with Crippen molar-refractivity contribution in [3.8, 4) is 11.3 Å². The summed E-state index contributed by atoms with van der Waals surface area (Å²) >= 11 is 17.5. The molecule has 0 unspecified atom stereocenters. The molecule has 3 aromatic rings. The van der Waals surface area contributed by atoms with Crippen LogP contribution >= 0.6 is 34.8 Å². The van der Waals surface area contributed by atoms with Gasteiger partial charge in [0.1, 0.15) is 10.7 Å². The zero-order chi connectivity index (χ0) is 23.8. The molecule has 0 saturated carbocycles. The third-order valence-electron chi connectivity index (χ3n) is 4.12. The molecule has 1 aromatic heterocycles. The van der Waals surface area contributed by atoms with Gasteiger partial charge in [0.05, 0.1) is 28.4 Å². The summed E-state index contributed by atoms with van der Waals surface area (Å²) in [7, 11) is -3.53. The quantitative estimate of drug-likeness (QED) is 0.381. The molecule has 1 amide bonds. The number of anilines is 1. The molecule has 32 heavy (non-hydrogen) atoms. The van der Waals surface area contributed by atoms with Crippen LogP contribution in [0.2, 0.25) is 15.1 Å². The molecular formula is C19H11Cl3F3NO5S. The maximum atomic E-state index is 13.5. The Morgan fingerprint density at radius 2 is 1.62 bits per heavy atom. The summed E-state index contributed by atoms with van der Waals surface area (Å²) in [5.74, 6) is -3.12. The van der Waals surface area contributed by atoms with Gasteiger partial charge in [0.25, 0.3) is 16.0 Å². The number of rotatable bonds is 5. The van der Waals surface area contributed by atoms with Gasteiger partial charge < -0.3 is 9.73 Å². The van der Waals surface area contributed by atoms with E-state index < -0.39 is 44.1 Å². The monoisotopic (exact) mass is 527 g/mol. The zero-order valence-corrected chi connectivity index (χ0v) is 18.8. The molecule has 6 nitrogen and oxygen atoms in total. The molecule has 3 rings (SSSR count). The van der Waals surface area contributed by atoms with Crippen LogP contribution in [0.25, 0.3) is 11.3 Å². The van der Waals surface area contributed by atoms with Crippen molar-refractivity contribution in [3.05, 3.63) is 68.9 Å². The van der Waals surface area contributed by atoms with Crippen LogP contribution < -0.4 is 5.32 Å². The van der Waals surface area contributed by atoms with Crippen molar-refractivity contribution in [2.75, 3.05) is 12.4 Å². The van der Waals surface area contributed by atoms with Crippen LogP contribution in [-0.4, -0.2) is 21.4 Å². The first-order valence-corrected chi connectivity index (χ1v) is 11.0. The van der Waals surface area contributed by atoms with Crippen LogP contribution in [0.15, 0.2) is 51.8 Å². The fourth-order valence-electron chi connectivity index (χ4n) is 2.64. The number of nitrogens with one attached hydrogen (secondary N) is 1. The summed E-state index contributed by atoms with van der Waals surface area (Å²) in [6, 6.07) is 8.44. The van der Waals surface area contributed by atoms with Crippen molar-refractivity contribution in [1.82, 2.24) is 0 Å². The van der Waals surface area contributed by atoms with Crippen LogP contribution in [0.4, 0.5) is 18.9 Å². The lowest BCUT2D eigenvalue weighted by Gasteiger charge is -2.12. The normalized spacial score (nSPS) is 12.1. The summed E-state index contributed by atoms with van der Waals surface area (Å²) in [5.41, 5.74) is -1.08. The second kappa shape index (κ2) is 8.95. The highest BCUT2D eigenvalue weighted by atomic mass is 35.5. The van der Waals surface area contributed by atoms with E-state index in [1.165, 1.54) is 24.3 Å². The van der Waals surface area contributed by atoms with E-state index in [1.807, 2.05) is 0 Å². The van der Waals surface area contributed by atoms with Crippen LogP contribution in [0.5, 0.6) is 0 Å². The molecule has 0 spiro atoms. The van der Waals surface area contributed by atoms with E-state index in [4.69, 9.17) is 39.2 Å². The van der Waals surface area contributed by atoms with Crippen molar-refractivity contribution in [3.63, 3.8) is 0 Å². The lowest BCUT2D eigenvalue weighted by molar-refractivity contribution is -0.153. The average molecular weight is 529 g/mol. The Labute approximate surface area is 195 Å². The number of benzene rings is 2. The van der Waals surface area contributed by atoms with Crippen molar-refractivity contribution in [2.45, 2.75) is 11.1 Å². The number of halogens is 6. The number of alkyl halides is 3. The Bertz CT molecular complexity index is 1290. The predicted molar refractivity (Wildman–Crippen MR) is 113 cm³/mol. The number of amides is 1. The highest BCUT2D eigenvalue weighted by molar-refractivity contribution is 7.87. The Morgan fingerprint density at radius 1 is 1.03 bits per heavy atom. The topological polar surface area (TPSA) is 85.6 Å². The first-order chi connectivity index (χ1) is 14.8. The van der Waals surface area contributed by atoms with E-state index in [2.05, 4.69) is 9.50 Å². The first kappa shape index (κ1) is 24.4. The molecule has 0 aliphatic carbocycles. The molecule has 13 heteroatoms. The minimum Gasteiger partial charge on any atom is -0.451 e. The van der Waals surface area contributed by atoms with Crippen LogP contribution in [-0.2, 0) is 20.5 Å². The fourth-order valence-corrected chi connectivity index (χ4v) is 3.98. The Balaban J connectivity index is 2.09. The van der Waals surface area contributed by atoms with E-state index in [9.17, 15) is 26.4 Å². The summed E-state index contributed by atoms with van der Waals surface area (Å²) < 4.78 is 74.2. The van der Waals surface area contributed by atoms with Gasteiger partial charge >= 0.3 is 6.18 Å². The smallest absolute Gasteiger partial charge is 0.450 e. The SMILES string of the molecule is COS(=O)(=O)c1cc(Cl)c(Cl)cc1NC(=O)c1cc(-c2ccc(Cl)cc2)oc1C(F)(F)F. The second-order valence-electron chi connectivity index (χ2n) is 6.20. The standard InChI is InChI=1S/C19H11Cl3F3NO5S/c1-30-32(28,29)16-8-13(22)12(21)7-14(16)26-18(27)11-6-15(31-17(11)19(23,24)25)9-2-4-10(20)5-3-9/h2-8H,1H3,(H,26,27). The molecule has 0 fully saturated rings. The lowest BCUT2D eigenvalue weighted by atomic mass is 10.1. The number of hydrogen-bond acceptors (Lipinski definition) is 5. The first-order valence-electron chi connectivity index (χ1n) is 8.41. The lowest BCUT2D eigenvalue weighted by Crippen LogP contribution is -2.18. The molecule has 170 valence electrons. The molecule has 0 bridgehead atoms. The summed E-state index contributed by atoms with van der Waals surface area (Å²) in [5, 5.41) is 2.12. The zero-order valence-electron chi connectivity index (χ0n) is 15.8. The van der Waals surface area contributed by atoms with Gasteiger partial charge in [-0.05, 0) is 42.5 Å². The molecule has 0 aliphatic heterocycles. The molecule has 0 radical (unpaired) electrons. The second-order valence-corrected chi connectivity index (χ2v) is 9.13. The highest BCUT2D eigenvalue weighted by Crippen LogP contribution is 2.39. The van der Waals surface area contributed by atoms with Crippen LogP contribution in [0.1, 0.15) is 16.1 Å². The number of hydrogen-bond donors (Lipinski definition) is 1. The van der Waals surface area contributed by atoms with Crippen molar-refractivity contribution in [1.29, 1.82) is 0 Å². The number of carbonyl (C=O) groups is 1. The number of furan rings is 1. The molecule has 0 aliphatic rings. The highest BCUT2D eigenvalue weighted by Gasteiger charge is 2.41. The van der Waals surface area contributed by atoms with E-state index >= 15 is 0 Å².